The molecule has 1 radical (unpaired) electrons. The Balaban J connectivity index is 0. The van der Waals surface area contributed by atoms with Crippen LogP contribution in [0.15, 0.2) is 0 Å². The molecule has 0 aliphatic heterocycles. The van der Waals surface area contributed by atoms with Crippen LogP contribution in [-0.2, 0) is 25.8 Å². The van der Waals surface area contributed by atoms with Crippen molar-refractivity contribution in [1.29, 1.82) is 0 Å². The molecule has 3 atom stereocenters. The quantitative estimate of drug-likeness (QED) is 0.668. The van der Waals surface area contributed by atoms with Crippen LogP contribution < -0.4 is 0 Å². The van der Waals surface area contributed by atoms with Crippen molar-refractivity contribution in [3.63, 3.8) is 0 Å². The summed E-state index contributed by atoms with van der Waals surface area (Å²) < 4.78 is 0. The van der Waals surface area contributed by atoms with Crippen molar-refractivity contribution >= 4 is 0 Å². The molecule has 0 aromatic rings. The fourth-order valence-corrected chi connectivity index (χ4v) is 0.693. The Bertz CT molecular complexity index is 76.0. The molecule has 0 rings (SSSR count). The van der Waals surface area contributed by atoms with Crippen molar-refractivity contribution in [2.75, 3.05) is 0 Å². The van der Waals surface area contributed by atoms with Gasteiger partial charge in [0.25, 0.3) is 0 Å². The van der Waals surface area contributed by atoms with Gasteiger partial charge >= 0.3 is 0 Å². The van der Waals surface area contributed by atoms with Crippen LogP contribution in [0.5, 0.6) is 0 Å². The SMILES string of the molecule is CCC(O)C(C)C(C)O.[Sc]. The van der Waals surface area contributed by atoms with Gasteiger partial charge in [-0.15, -0.1) is 0 Å². The molecule has 3 heteroatoms. The van der Waals surface area contributed by atoms with E-state index < -0.39 is 6.10 Å². The molecule has 0 spiro atoms. The largest absolute Gasteiger partial charge is 0.393 e. The number of rotatable bonds is 3. The summed E-state index contributed by atoms with van der Waals surface area (Å²) >= 11 is 0. The number of aliphatic hydroxyl groups excluding tert-OH is 2. The Kier molecular flexibility index (Phi) is 8.70. The zero-order valence-corrected chi connectivity index (χ0v) is 8.71. The van der Waals surface area contributed by atoms with Crippen LogP contribution in [-0.4, -0.2) is 22.4 Å². The molecule has 0 aromatic carbocycles. The Morgan fingerprint density at radius 2 is 1.60 bits per heavy atom. The second-order valence-electron chi connectivity index (χ2n) is 2.58. The average molecular weight is 177 g/mol. The smallest absolute Gasteiger partial charge is 0.0587 e. The third kappa shape index (κ3) is 4.58. The van der Waals surface area contributed by atoms with Crippen LogP contribution in [0.3, 0.4) is 0 Å². The Morgan fingerprint density at radius 1 is 1.20 bits per heavy atom. The molecular formula is C7H16O2Sc. The van der Waals surface area contributed by atoms with E-state index in [0.29, 0.717) is 6.42 Å². The van der Waals surface area contributed by atoms with E-state index in [1.807, 2.05) is 13.8 Å². The van der Waals surface area contributed by atoms with Gasteiger partial charge in [0, 0.05) is 31.8 Å². The van der Waals surface area contributed by atoms with E-state index in [1.54, 1.807) is 6.92 Å². The van der Waals surface area contributed by atoms with Gasteiger partial charge in [-0.2, -0.15) is 0 Å². The molecule has 0 aromatic heterocycles. The van der Waals surface area contributed by atoms with Gasteiger partial charge in [0.1, 0.15) is 0 Å². The van der Waals surface area contributed by atoms with Crippen LogP contribution in [0, 0.1) is 5.92 Å². The summed E-state index contributed by atoms with van der Waals surface area (Å²) in [6, 6.07) is 0. The Labute approximate surface area is 81.4 Å². The summed E-state index contributed by atoms with van der Waals surface area (Å²) in [6.07, 6.45) is -0.0450. The fraction of sp³-hybridized carbons (Fsp3) is 1.00. The van der Waals surface area contributed by atoms with Crippen LogP contribution in [0.2, 0.25) is 0 Å². The van der Waals surface area contributed by atoms with Crippen molar-refractivity contribution in [2.45, 2.75) is 39.4 Å². The van der Waals surface area contributed by atoms with Gasteiger partial charge in [-0.05, 0) is 13.3 Å². The predicted octanol–water partition coefficient (Wildman–Crippen LogP) is 0.772. The van der Waals surface area contributed by atoms with Crippen LogP contribution in [0.25, 0.3) is 0 Å². The minimum atomic E-state index is -0.403. The summed E-state index contributed by atoms with van der Waals surface area (Å²) in [4.78, 5) is 0. The molecule has 0 amide bonds. The Morgan fingerprint density at radius 3 is 1.70 bits per heavy atom. The first-order chi connectivity index (χ1) is 4.09. The van der Waals surface area contributed by atoms with E-state index >= 15 is 0 Å². The van der Waals surface area contributed by atoms with E-state index in [0.717, 1.165) is 0 Å². The van der Waals surface area contributed by atoms with Crippen LogP contribution in [0.4, 0.5) is 0 Å². The molecule has 0 bridgehead atoms. The summed E-state index contributed by atoms with van der Waals surface area (Å²) in [5, 5.41) is 18.1. The molecule has 59 valence electrons. The maximum atomic E-state index is 9.14. The first-order valence-corrected chi connectivity index (χ1v) is 3.45. The van der Waals surface area contributed by atoms with Crippen molar-refractivity contribution < 1.29 is 36.1 Å². The summed E-state index contributed by atoms with van der Waals surface area (Å²) in [5.74, 6) is -0.00463. The summed E-state index contributed by atoms with van der Waals surface area (Å²) in [7, 11) is 0. The predicted molar refractivity (Wildman–Crippen MR) is 37.1 cm³/mol. The molecule has 3 unspecified atom stereocenters. The van der Waals surface area contributed by atoms with Gasteiger partial charge in [0.2, 0.25) is 0 Å². The molecule has 0 aliphatic carbocycles. The van der Waals surface area contributed by atoms with E-state index in [2.05, 4.69) is 0 Å². The molecule has 0 aliphatic rings. The summed E-state index contributed by atoms with van der Waals surface area (Å²) in [6.45, 7) is 5.45. The molecule has 2 N–H and O–H groups in total. The van der Waals surface area contributed by atoms with Crippen LogP contribution in [0.1, 0.15) is 27.2 Å². The first kappa shape index (κ1) is 13.4. The average Bonchev–Trinajstić information content (AvgIpc) is 1.84. The van der Waals surface area contributed by atoms with Crippen molar-refractivity contribution in [2.24, 2.45) is 5.92 Å². The van der Waals surface area contributed by atoms with E-state index in [-0.39, 0.29) is 37.9 Å². The third-order valence-corrected chi connectivity index (χ3v) is 1.79. The second-order valence-corrected chi connectivity index (χ2v) is 2.58. The maximum Gasteiger partial charge on any atom is 0.0587 e. The number of hydrogen-bond acceptors (Lipinski definition) is 2. The number of hydrogen-bond donors (Lipinski definition) is 2. The minimum absolute atomic E-state index is 0. The van der Waals surface area contributed by atoms with E-state index in [1.165, 1.54) is 0 Å². The monoisotopic (exact) mass is 177 g/mol. The molecule has 0 saturated heterocycles. The molecule has 2 nitrogen and oxygen atoms in total. The first-order valence-electron chi connectivity index (χ1n) is 3.45. The van der Waals surface area contributed by atoms with Gasteiger partial charge in [-0.1, -0.05) is 13.8 Å². The molecule has 0 fully saturated rings. The van der Waals surface area contributed by atoms with Gasteiger partial charge in [-0.3, -0.25) is 0 Å². The van der Waals surface area contributed by atoms with E-state index in [4.69, 9.17) is 10.2 Å². The fourth-order valence-electron chi connectivity index (χ4n) is 0.693. The molecule has 0 saturated carbocycles. The van der Waals surface area contributed by atoms with Crippen LogP contribution >= 0.6 is 0 Å². The topological polar surface area (TPSA) is 40.5 Å². The van der Waals surface area contributed by atoms with Crippen molar-refractivity contribution in [1.82, 2.24) is 0 Å². The zero-order valence-electron chi connectivity index (χ0n) is 6.91. The second kappa shape index (κ2) is 6.50. The van der Waals surface area contributed by atoms with Gasteiger partial charge in [-0.25, -0.2) is 0 Å². The standard InChI is InChI=1S/C7H16O2.Sc/c1-4-7(9)5(2)6(3)8;/h5-9H,4H2,1-3H3;. The Hall–Kier alpha value is 0.790. The normalized spacial score (nSPS) is 18.9. The molecule has 0 heterocycles. The zero-order chi connectivity index (χ0) is 7.44. The van der Waals surface area contributed by atoms with Gasteiger partial charge < -0.3 is 10.2 Å². The van der Waals surface area contributed by atoms with E-state index in [9.17, 15) is 0 Å². The molecular weight excluding hydrogens is 161 g/mol. The number of aliphatic hydroxyl groups is 2. The van der Waals surface area contributed by atoms with Crippen molar-refractivity contribution in [3.05, 3.63) is 0 Å². The minimum Gasteiger partial charge on any atom is -0.393 e. The van der Waals surface area contributed by atoms with Crippen molar-refractivity contribution in [3.8, 4) is 0 Å². The molecule has 10 heavy (non-hydrogen) atoms. The third-order valence-electron chi connectivity index (χ3n) is 1.79. The summed E-state index contributed by atoms with van der Waals surface area (Å²) in [5.41, 5.74) is 0. The van der Waals surface area contributed by atoms with Gasteiger partial charge in [0.15, 0.2) is 0 Å². The van der Waals surface area contributed by atoms with Gasteiger partial charge in [0.05, 0.1) is 12.2 Å². The maximum absolute atomic E-state index is 9.14.